The maximum absolute atomic E-state index is 11.3. The molecule has 0 aliphatic carbocycles. The third-order valence-electron chi connectivity index (χ3n) is 2.63. The van der Waals surface area contributed by atoms with E-state index in [1.54, 1.807) is 0 Å². The van der Waals surface area contributed by atoms with Gasteiger partial charge in [-0.3, -0.25) is 14.9 Å². The number of pyridine rings is 1. The highest BCUT2D eigenvalue weighted by Crippen LogP contribution is 2.22. The van der Waals surface area contributed by atoms with Crippen molar-refractivity contribution in [1.29, 1.82) is 0 Å². The Bertz CT molecular complexity index is 559. The van der Waals surface area contributed by atoms with Crippen LogP contribution in [0.3, 0.4) is 0 Å². The molecule has 2 N–H and O–H groups in total. The monoisotopic (exact) mass is 266 g/mol. The van der Waals surface area contributed by atoms with Gasteiger partial charge in [0.1, 0.15) is 17.6 Å². The van der Waals surface area contributed by atoms with Crippen molar-refractivity contribution in [3.8, 4) is 0 Å². The van der Waals surface area contributed by atoms with Gasteiger partial charge in [0, 0.05) is 19.2 Å². The number of carbonyl (C=O) groups is 2. The second-order valence-corrected chi connectivity index (χ2v) is 3.90. The molecule has 9 nitrogen and oxygen atoms in total. The summed E-state index contributed by atoms with van der Waals surface area (Å²) in [5, 5.41) is 22.3. The molecule has 0 aromatic carbocycles. The van der Waals surface area contributed by atoms with E-state index in [1.165, 1.54) is 4.90 Å². The minimum atomic E-state index is -1.32. The number of carboxylic acids is 1. The van der Waals surface area contributed by atoms with Crippen LogP contribution in [0.15, 0.2) is 12.3 Å². The van der Waals surface area contributed by atoms with Crippen molar-refractivity contribution in [3.63, 3.8) is 0 Å². The molecule has 1 amide bonds. The molecule has 0 atom stereocenters. The molecule has 9 heteroatoms. The van der Waals surface area contributed by atoms with Gasteiger partial charge < -0.3 is 15.3 Å². The maximum Gasteiger partial charge on any atom is 0.339 e. The fraction of sp³-hybridized carbons (Fsp3) is 0.300. The SMILES string of the molecule is O=C1CN(c2ncc([N+](=O)[O-])cc2C(=O)O)CCN1. The van der Waals surface area contributed by atoms with E-state index in [9.17, 15) is 19.7 Å². The van der Waals surface area contributed by atoms with Gasteiger partial charge in [-0.05, 0) is 0 Å². The predicted octanol–water partition coefficient (Wildman–Crippen LogP) is -0.376. The van der Waals surface area contributed by atoms with Gasteiger partial charge in [0.05, 0.1) is 11.5 Å². The zero-order valence-electron chi connectivity index (χ0n) is 9.70. The zero-order valence-corrected chi connectivity index (χ0v) is 9.70. The van der Waals surface area contributed by atoms with Crippen molar-refractivity contribution >= 4 is 23.4 Å². The molecule has 2 heterocycles. The van der Waals surface area contributed by atoms with Crippen molar-refractivity contribution in [2.75, 3.05) is 24.5 Å². The van der Waals surface area contributed by atoms with Crippen molar-refractivity contribution < 1.29 is 19.6 Å². The minimum Gasteiger partial charge on any atom is -0.478 e. The number of carboxylic acid groups (broad SMARTS) is 1. The molecule has 1 aliphatic heterocycles. The Morgan fingerprint density at radius 3 is 2.89 bits per heavy atom. The van der Waals surface area contributed by atoms with Gasteiger partial charge in [-0.1, -0.05) is 0 Å². The van der Waals surface area contributed by atoms with Crippen LogP contribution in [0.2, 0.25) is 0 Å². The summed E-state index contributed by atoms with van der Waals surface area (Å²) in [6.45, 7) is 0.748. The summed E-state index contributed by atoms with van der Waals surface area (Å²) in [5.41, 5.74) is -0.688. The van der Waals surface area contributed by atoms with Crippen molar-refractivity contribution in [3.05, 3.63) is 27.9 Å². The molecule has 1 saturated heterocycles. The summed E-state index contributed by atoms with van der Waals surface area (Å²) in [5.74, 6) is -1.51. The number of nitrogens with zero attached hydrogens (tertiary/aromatic N) is 3. The van der Waals surface area contributed by atoms with E-state index >= 15 is 0 Å². The lowest BCUT2D eigenvalue weighted by Gasteiger charge is -2.28. The third kappa shape index (κ3) is 2.59. The second-order valence-electron chi connectivity index (χ2n) is 3.90. The molecule has 100 valence electrons. The molecular formula is C10H10N4O5. The van der Waals surface area contributed by atoms with Gasteiger partial charge >= 0.3 is 5.97 Å². The Labute approximate surface area is 107 Å². The first-order valence-electron chi connectivity index (χ1n) is 5.38. The number of aromatic carboxylic acids is 1. The average molecular weight is 266 g/mol. The maximum atomic E-state index is 11.3. The van der Waals surface area contributed by atoms with Gasteiger partial charge in [0.2, 0.25) is 5.91 Å². The Morgan fingerprint density at radius 2 is 2.32 bits per heavy atom. The van der Waals surface area contributed by atoms with E-state index in [2.05, 4.69) is 10.3 Å². The smallest absolute Gasteiger partial charge is 0.339 e. The van der Waals surface area contributed by atoms with Gasteiger partial charge in [-0.2, -0.15) is 0 Å². The highest BCUT2D eigenvalue weighted by molar-refractivity contribution is 5.95. The topological polar surface area (TPSA) is 126 Å². The zero-order chi connectivity index (χ0) is 14.0. The number of nitrogens with one attached hydrogen (secondary N) is 1. The van der Waals surface area contributed by atoms with Gasteiger partial charge in [0.15, 0.2) is 0 Å². The number of amides is 1. The normalized spacial score (nSPS) is 14.9. The van der Waals surface area contributed by atoms with Crippen LogP contribution in [0.1, 0.15) is 10.4 Å². The summed E-state index contributed by atoms with van der Waals surface area (Å²) in [7, 11) is 0. The van der Waals surface area contributed by atoms with Crippen molar-refractivity contribution in [2.45, 2.75) is 0 Å². The number of hydrogen-bond donors (Lipinski definition) is 2. The third-order valence-corrected chi connectivity index (χ3v) is 2.63. The van der Waals surface area contributed by atoms with Crippen LogP contribution < -0.4 is 10.2 Å². The van der Waals surface area contributed by atoms with E-state index in [-0.39, 0.29) is 23.8 Å². The highest BCUT2D eigenvalue weighted by Gasteiger charge is 2.25. The molecule has 2 rings (SSSR count). The van der Waals surface area contributed by atoms with Crippen LogP contribution in [0.5, 0.6) is 0 Å². The van der Waals surface area contributed by atoms with E-state index in [0.717, 1.165) is 12.3 Å². The van der Waals surface area contributed by atoms with E-state index in [1.807, 2.05) is 0 Å². The average Bonchev–Trinajstić information content (AvgIpc) is 2.37. The predicted molar refractivity (Wildman–Crippen MR) is 63.1 cm³/mol. The Hall–Kier alpha value is -2.71. The number of hydrogen-bond acceptors (Lipinski definition) is 6. The number of anilines is 1. The first-order chi connectivity index (χ1) is 8.99. The first kappa shape index (κ1) is 12.7. The first-order valence-corrected chi connectivity index (χ1v) is 5.38. The Kier molecular flexibility index (Phi) is 3.27. The second kappa shape index (κ2) is 4.88. The highest BCUT2D eigenvalue weighted by atomic mass is 16.6. The number of rotatable bonds is 3. The molecule has 0 radical (unpaired) electrons. The van der Waals surface area contributed by atoms with Crippen LogP contribution in [0.25, 0.3) is 0 Å². The molecule has 0 spiro atoms. The summed E-state index contributed by atoms with van der Waals surface area (Å²) in [6.07, 6.45) is 0.980. The van der Waals surface area contributed by atoms with E-state index < -0.39 is 16.6 Å². The van der Waals surface area contributed by atoms with Gasteiger partial charge in [-0.25, -0.2) is 9.78 Å². The standard InChI is InChI=1S/C10H10N4O5/c15-8-5-13(2-1-11-8)9-7(10(16)17)3-6(4-12-9)14(18)19/h3-4H,1-2,5H2,(H,11,15)(H,16,17). The fourth-order valence-electron chi connectivity index (χ4n) is 1.78. The Morgan fingerprint density at radius 1 is 1.58 bits per heavy atom. The molecule has 0 bridgehead atoms. The fourth-order valence-corrected chi connectivity index (χ4v) is 1.78. The molecule has 1 aromatic heterocycles. The lowest BCUT2D eigenvalue weighted by atomic mass is 10.2. The quantitative estimate of drug-likeness (QED) is 0.564. The van der Waals surface area contributed by atoms with E-state index in [4.69, 9.17) is 5.11 Å². The number of piperazine rings is 1. The molecule has 0 unspecified atom stereocenters. The van der Waals surface area contributed by atoms with Crippen LogP contribution in [-0.2, 0) is 4.79 Å². The van der Waals surface area contributed by atoms with E-state index in [0.29, 0.717) is 13.1 Å². The van der Waals surface area contributed by atoms with Crippen molar-refractivity contribution in [2.24, 2.45) is 0 Å². The molecule has 1 aliphatic rings. The summed E-state index contributed by atoms with van der Waals surface area (Å²) >= 11 is 0. The lowest BCUT2D eigenvalue weighted by molar-refractivity contribution is -0.385. The minimum absolute atomic E-state index is 0.0227. The van der Waals surface area contributed by atoms with Crippen LogP contribution >= 0.6 is 0 Å². The summed E-state index contributed by atoms with van der Waals surface area (Å²) < 4.78 is 0. The molecule has 1 aromatic rings. The van der Waals surface area contributed by atoms with Crippen molar-refractivity contribution in [1.82, 2.24) is 10.3 Å². The summed E-state index contributed by atoms with van der Waals surface area (Å²) in [6, 6.07) is 0.942. The molecule has 0 saturated carbocycles. The molecule has 1 fully saturated rings. The van der Waals surface area contributed by atoms with Crippen LogP contribution in [-0.4, -0.2) is 46.5 Å². The lowest BCUT2D eigenvalue weighted by Crippen LogP contribution is -2.48. The van der Waals surface area contributed by atoms with Crippen LogP contribution in [0.4, 0.5) is 11.5 Å². The molecular weight excluding hydrogens is 256 g/mol. The van der Waals surface area contributed by atoms with Gasteiger partial charge in [0.25, 0.3) is 5.69 Å². The number of aromatic nitrogens is 1. The number of nitro groups is 1. The Balaban J connectivity index is 2.41. The van der Waals surface area contributed by atoms with Gasteiger partial charge in [-0.15, -0.1) is 0 Å². The number of carbonyl (C=O) groups excluding carboxylic acids is 1. The largest absolute Gasteiger partial charge is 0.478 e. The summed E-state index contributed by atoms with van der Waals surface area (Å²) in [4.78, 5) is 37.6. The molecule has 19 heavy (non-hydrogen) atoms. The van der Waals surface area contributed by atoms with Crippen LogP contribution in [0, 0.1) is 10.1 Å².